The molecule has 0 saturated heterocycles. The van der Waals surface area contributed by atoms with Gasteiger partial charge >= 0.3 is 0 Å². The summed E-state index contributed by atoms with van der Waals surface area (Å²) in [5.74, 6) is -0.0532. The highest BCUT2D eigenvalue weighted by Crippen LogP contribution is 2.20. The van der Waals surface area contributed by atoms with Crippen LogP contribution in [-0.2, 0) is 0 Å². The Kier molecular flexibility index (Phi) is 4.44. The number of nitrogens with one attached hydrogen (secondary N) is 1. The summed E-state index contributed by atoms with van der Waals surface area (Å²) in [6.07, 6.45) is 0. The molecular formula is C15H22ClNO. The van der Waals surface area contributed by atoms with E-state index in [1.165, 1.54) is 5.56 Å². The third kappa shape index (κ3) is 3.26. The summed E-state index contributed by atoms with van der Waals surface area (Å²) in [5.41, 5.74) is 3.51. The first kappa shape index (κ1) is 15.0. The van der Waals surface area contributed by atoms with Crippen LogP contribution in [0.1, 0.15) is 47.8 Å². The first-order valence-electron chi connectivity index (χ1n) is 6.19. The molecule has 0 spiro atoms. The average molecular weight is 268 g/mol. The smallest absolute Gasteiger partial charge is 0.252 e. The van der Waals surface area contributed by atoms with E-state index in [-0.39, 0.29) is 11.3 Å². The number of alkyl halides is 1. The maximum Gasteiger partial charge on any atom is 0.252 e. The van der Waals surface area contributed by atoms with Gasteiger partial charge in [0.05, 0.1) is 10.9 Å². The molecule has 0 bridgehead atoms. The second-order valence-electron chi connectivity index (χ2n) is 5.57. The third-order valence-electron chi connectivity index (χ3n) is 3.33. The summed E-state index contributed by atoms with van der Waals surface area (Å²) < 4.78 is 0. The summed E-state index contributed by atoms with van der Waals surface area (Å²) in [6.45, 7) is 11.7. The van der Waals surface area contributed by atoms with Gasteiger partial charge < -0.3 is 5.32 Å². The van der Waals surface area contributed by atoms with Gasteiger partial charge in [0, 0.05) is 5.56 Å². The van der Waals surface area contributed by atoms with Crippen molar-refractivity contribution in [3.63, 3.8) is 0 Å². The summed E-state index contributed by atoms with van der Waals surface area (Å²) in [7, 11) is 0. The van der Waals surface area contributed by atoms with Crippen molar-refractivity contribution in [2.24, 2.45) is 0 Å². The average Bonchev–Trinajstić information content (AvgIpc) is 2.13. The lowest BCUT2D eigenvalue weighted by Gasteiger charge is -2.29. The monoisotopic (exact) mass is 267 g/mol. The predicted molar refractivity (Wildman–Crippen MR) is 77.5 cm³/mol. The highest BCUT2D eigenvalue weighted by Gasteiger charge is 2.27. The Morgan fingerprint density at radius 2 is 1.67 bits per heavy atom. The Morgan fingerprint density at radius 3 is 2.06 bits per heavy atom. The van der Waals surface area contributed by atoms with E-state index >= 15 is 0 Å². The maximum absolute atomic E-state index is 12.3. The van der Waals surface area contributed by atoms with Crippen molar-refractivity contribution in [2.45, 2.75) is 52.5 Å². The molecule has 1 aromatic carbocycles. The van der Waals surface area contributed by atoms with Gasteiger partial charge in [-0.25, -0.2) is 0 Å². The van der Waals surface area contributed by atoms with Crippen molar-refractivity contribution < 1.29 is 4.79 Å². The predicted octanol–water partition coefficient (Wildman–Crippen LogP) is 3.75. The molecule has 3 heteroatoms. The van der Waals surface area contributed by atoms with Gasteiger partial charge in [-0.2, -0.15) is 0 Å². The number of amides is 1. The van der Waals surface area contributed by atoms with Crippen molar-refractivity contribution in [3.8, 4) is 0 Å². The van der Waals surface area contributed by atoms with Gasteiger partial charge in [-0.15, -0.1) is 11.6 Å². The third-order valence-corrected chi connectivity index (χ3v) is 3.88. The molecule has 0 saturated carbocycles. The number of benzene rings is 1. The molecular weight excluding hydrogens is 246 g/mol. The molecule has 0 heterocycles. The number of rotatable bonds is 3. The Balaban J connectivity index is 3.06. The molecule has 2 nitrogen and oxygen atoms in total. The van der Waals surface area contributed by atoms with Gasteiger partial charge in [-0.1, -0.05) is 17.7 Å². The molecule has 1 unspecified atom stereocenters. The first-order chi connectivity index (χ1) is 8.15. The molecule has 0 aliphatic heterocycles. The van der Waals surface area contributed by atoms with Crippen molar-refractivity contribution in [1.29, 1.82) is 0 Å². The molecule has 1 aromatic rings. The molecule has 1 rings (SSSR count). The summed E-state index contributed by atoms with van der Waals surface area (Å²) in [5, 5.41) is 2.87. The van der Waals surface area contributed by atoms with Crippen molar-refractivity contribution in [2.75, 3.05) is 0 Å². The molecule has 0 aliphatic carbocycles. The Hall–Kier alpha value is -1.02. The second-order valence-corrected chi connectivity index (χ2v) is 6.22. The number of carbonyl (C=O) groups is 1. The molecule has 100 valence electrons. The van der Waals surface area contributed by atoms with E-state index in [0.29, 0.717) is 0 Å². The van der Waals surface area contributed by atoms with Crippen molar-refractivity contribution in [1.82, 2.24) is 5.32 Å². The zero-order valence-corrected chi connectivity index (χ0v) is 12.8. The number of hydrogen-bond acceptors (Lipinski definition) is 1. The van der Waals surface area contributed by atoms with Gasteiger partial charge in [-0.3, -0.25) is 4.79 Å². The van der Waals surface area contributed by atoms with Crippen LogP contribution in [0.3, 0.4) is 0 Å². The fourth-order valence-electron chi connectivity index (χ4n) is 1.99. The number of carbonyl (C=O) groups excluding carboxylic acids is 1. The number of aryl methyl sites for hydroxylation is 3. The Bertz CT molecular complexity index is 441. The van der Waals surface area contributed by atoms with Gasteiger partial charge in [0.15, 0.2) is 0 Å². The fraction of sp³-hybridized carbons (Fsp3) is 0.533. The van der Waals surface area contributed by atoms with E-state index in [9.17, 15) is 4.79 Å². The zero-order chi connectivity index (χ0) is 14.1. The van der Waals surface area contributed by atoms with Crippen molar-refractivity contribution in [3.05, 3.63) is 34.4 Å². The Morgan fingerprint density at radius 1 is 1.22 bits per heavy atom. The molecule has 0 aromatic heterocycles. The van der Waals surface area contributed by atoms with Crippen LogP contribution in [0, 0.1) is 20.8 Å². The Labute approximate surface area is 115 Å². The lowest BCUT2D eigenvalue weighted by atomic mass is 9.96. The summed E-state index contributed by atoms with van der Waals surface area (Å²) >= 11 is 6.09. The van der Waals surface area contributed by atoms with E-state index in [1.807, 2.05) is 53.7 Å². The topological polar surface area (TPSA) is 29.1 Å². The van der Waals surface area contributed by atoms with Crippen LogP contribution in [0.25, 0.3) is 0 Å². The van der Waals surface area contributed by atoms with Gasteiger partial charge in [0.2, 0.25) is 0 Å². The van der Waals surface area contributed by atoms with E-state index in [2.05, 4.69) is 5.32 Å². The lowest BCUT2D eigenvalue weighted by molar-refractivity contribution is 0.0911. The first-order valence-corrected chi connectivity index (χ1v) is 6.63. The van der Waals surface area contributed by atoms with Crippen LogP contribution in [0.15, 0.2) is 12.1 Å². The molecule has 0 fully saturated rings. The molecule has 0 aliphatic rings. The lowest BCUT2D eigenvalue weighted by Crippen LogP contribution is -2.49. The molecule has 1 atom stereocenters. The summed E-state index contributed by atoms with van der Waals surface area (Å²) in [4.78, 5) is 12.3. The number of halogens is 1. The van der Waals surface area contributed by atoms with Crippen molar-refractivity contribution >= 4 is 17.5 Å². The van der Waals surface area contributed by atoms with Crippen LogP contribution in [-0.4, -0.2) is 16.8 Å². The minimum absolute atomic E-state index is 0.0532. The van der Waals surface area contributed by atoms with E-state index in [0.717, 1.165) is 16.7 Å². The van der Waals surface area contributed by atoms with Crippen LogP contribution >= 0.6 is 11.6 Å². The standard InChI is InChI=1S/C15H22ClNO/c1-9-7-10(2)13(11(3)8-9)14(18)17-15(5,6)12(4)16/h7-8,12H,1-6H3,(H,17,18). The van der Waals surface area contributed by atoms with Crippen LogP contribution in [0.5, 0.6) is 0 Å². The molecule has 1 N–H and O–H groups in total. The maximum atomic E-state index is 12.3. The second kappa shape index (κ2) is 5.31. The number of hydrogen-bond donors (Lipinski definition) is 1. The van der Waals surface area contributed by atoms with E-state index < -0.39 is 5.54 Å². The van der Waals surface area contributed by atoms with E-state index in [4.69, 9.17) is 11.6 Å². The van der Waals surface area contributed by atoms with Crippen LogP contribution in [0.4, 0.5) is 0 Å². The fourth-order valence-corrected chi connectivity index (χ4v) is 2.05. The van der Waals surface area contributed by atoms with Crippen LogP contribution in [0.2, 0.25) is 0 Å². The van der Waals surface area contributed by atoms with Crippen LogP contribution < -0.4 is 5.32 Å². The summed E-state index contributed by atoms with van der Waals surface area (Å²) in [6, 6.07) is 4.05. The van der Waals surface area contributed by atoms with E-state index in [1.54, 1.807) is 0 Å². The normalized spacial score (nSPS) is 13.3. The quantitative estimate of drug-likeness (QED) is 0.831. The minimum Gasteiger partial charge on any atom is -0.346 e. The van der Waals surface area contributed by atoms with Gasteiger partial charge in [-0.05, 0) is 52.7 Å². The molecule has 1 amide bonds. The van der Waals surface area contributed by atoms with Gasteiger partial charge in [0.25, 0.3) is 5.91 Å². The zero-order valence-electron chi connectivity index (χ0n) is 12.0. The molecule has 0 radical (unpaired) electrons. The largest absolute Gasteiger partial charge is 0.346 e. The molecule has 18 heavy (non-hydrogen) atoms. The highest BCUT2D eigenvalue weighted by atomic mass is 35.5. The highest BCUT2D eigenvalue weighted by molar-refractivity contribution is 6.21. The SMILES string of the molecule is Cc1cc(C)c(C(=O)NC(C)(C)C(C)Cl)c(C)c1. The minimum atomic E-state index is -0.428. The van der Waals surface area contributed by atoms with Gasteiger partial charge in [0.1, 0.15) is 0 Å².